The van der Waals surface area contributed by atoms with Crippen molar-refractivity contribution in [1.29, 1.82) is 0 Å². The van der Waals surface area contributed by atoms with Crippen LogP contribution in [0.15, 0.2) is 29.2 Å². The van der Waals surface area contributed by atoms with Crippen molar-refractivity contribution in [3.63, 3.8) is 0 Å². The maximum Gasteiger partial charge on any atom is 0.254 e. The number of fused-ring (bicyclic) bond motifs is 1. The zero-order chi connectivity index (χ0) is 17.5. The molecule has 0 spiro atoms. The van der Waals surface area contributed by atoms with Crippen molar-refractivity contribution < 1.29 is 18.0 Å². The Balaban J connectivity index is 1.77. The molecule has 0 aromatic heterocycles. The summed E-state index contributed by atoms with van der Waals surface area (Å²) in [6.07, 6.45) is 1.91. The van der Waals surface area contributed by atoms with Crippen LogP contribution < -0.4 is 0 Å². The molecule has 1 atom stereocenters. The van der Waals surface area contributed by atoms with Gasteiger partial charge in [-0.15, -0.1) is 0 Å². The van der Waals surface area contributed by atoms with Gasteiger partial charge >= 0.3 is 0 Å². The molecule has 1 aromatic rings. The average molecular weight is 351 g/mol. The van der Waals surface area contributed by atoms with E-state index in [1.807, 2.05) is 4.90 Å². The maximum absolute atomic E-state index is 12.6. The van der Waals surface area contributed by atoms with Gasteiger partial charge in [0.25, 0.3) is 5.91 Å². The van der Waals surface area contributed by atoms with E-state index in [0.29, 0.717) is 12.1 Å². The molecule has 2 fully saturated rings. The first-order valence-electron chi connectivity index (χ1n) is 7.92. The molecule has 2 aliphatic heterocycles. The lowest BCUT2D eigenvalue weighted by Crippen LogP contribution is -2.55. The normalized spacial score (nSPS) is 21.3. The summed E-state index contributed by atoms with van der Waals surface area (Å²) >= 11 is 0. The quantitative estimate of drug-likeness (QED) is 0.789. The Hall–Kier alpha value is -1.93. The van der Waals surface area contributed by atoms with E-state index in [-0.39, 0.29) is 29.3 Å². The molecule has 2 aliphatic rings. The van der Waals surface area contributed by atoms with Gasteiger partial charge in [0.1, 0.15) is 6.54 Å². The highest BCUT2D eigenvalue weighted by molar-refractivity contribution is 7.89. The fraction of sp³-hybridized carbons (Fsp3) is 0.500. The number of piperazine rings is 1. The second-order valence-corrected chi connectivity index (χ2v) is 8.53. The zero-order valence-electron chi connectivity index (χ0n) is 13.8. The average Bonchev–Trinajstić information content (AvgIpc) is 3.03. The molecule has 130 valence electrons. The van der Waals surface area contributed by atoms with Gasteiger partial charge in [0.05, 0.1) is 4.90 Å². The summed E-state index contributed by atoms with van der Waals surface area (Å²) in [5.41, 5.74) is 0.395. The maximum atomic E-state index is 12.6. The van der Waals surface area contributed by atoms with E-state index in [2.05, 4.69) is 0 Å². The number of sulfonamides is 1. The molecule has 24 heavy (non-hydrogen) atoms. The van der Waals surface area contributed by atoms with Crippen LogP contribution in [0, 0.1) is 0 Å². The van der Waals surface area contributed by atoms with Crippen LogP contribution in [0.2, 0.25) is 0 Å². The van der Waals surface area contributed by atoms with Gasteiger partial charge in [0, 0.05) is 38.8 Å². The van der Waals surface area contributed by atoms with Crippen molar-refractivity contribution in [2.75, 3.05) is 33.7 Å². The van der Waals surface area contributed by atoms with Crippen molar-refractivity contribution >= 4 is 21.8 Å². The smallest absolute Gasteiger partial charge is 0.254 e. The van der Waals surface area contributed by atoms with Gasteiger partial charge in [0.15, 0.2) is 0 Å². The number of nitrogens with zero attached hydrogens (tertiary/aromatic N) is 3. The fourth-order valence-corrected chi connectivity index (χ4v) is 4.15. The molecular formula is C16H21N3O4S. The summed E-state index contributed by atoms with van der Waals surface area (Å²) < 4.78 is 25.3. The minimum Gasteiger partial charge on any atom is -0.336 e. The molecule has 2 heterocycles. The first kappa shape index (κ1) is 16.9. The Morgan fingerprint density at radius 1 is 1.21 bits per heavy atom. The molecule has 1 aromatic carbocycles. The topological polar surface area (TPSA) is 78.0 Å². The summed E-state index contributed by atoms with van der Waals surface area (Å²) in [5, 5.41) is 0. The predicted molar refractivity (Wildman–Crippen MR) is 88.0 cm³/mol. The minimum absolute atomic E-state index is 0.0103. The second kappa shape index (κ2) is 6.18. The molecule has 0 aliphatic carbocycles. The highest BCUT2D eigenvalue weighted by Crippen LogP contribution is 2.24. The Bertz CT molecular complexity index is 758. The van der Waals surface area contributed by atoms with Crippen LogP contribution >= 0.6 is 0 Å². The molecular weight excluding hydrogens is 330 g/mol. The summed E-state index contributed by atoms with van der Waals surface area (Å²) in [6.45, 7) is 1.41. The van der Waals surface area contributed by atoms with Crippen LogP contribution in [0.5, 0.6) is 0 Å². The summed E-state index contributed by atoms with van der Waals surface area (Å²) in [4.78, 5) is 28.3. The third-order valence-corrected chi connectivity index (χ3v) is 6.45. The largest absolute Gasteiger partial charge is 0.336 e. The number of carbonyl (C=O) groups excluding carboxylic acids is 2. The van der Waals surface area contributed by atoms with Crippen molar-refractivity contribution in [1.82, 2.24) is 14.1 Å². The third kappa shape index (κ3) is 2.91. The standard InChI is InChI=1S/C16H21N3O4S/c1-17(2)24(22,23)14-7-5-12(6-8-14)16(21)18-10-13-4-3-9-19(13)15(20)11-18/h5-8,13H,3-4,9-11H2,1-2H3. The Morgan fingerprint density at radius 3 is 2.50 bits per heavy atom. The van der Waals surface area contributed by atoms with Gasteiger partial charge in [0.2, 0.25) is 15.9 Å². The van der Waals surface area contributed by atoms with E-state index >= 15 is 0 Å². The molecule has 0 bridgehead atoms. The summed E-state index contributed by atoms with van der Waals surface area (Å²) in [5.74, 6) is -0.243. The van der Waals surface area contributed by atoms with Crippen LogP contribution in [-0.4, -0.2) is 74.1 Å². The minimum atomic E-state index is -3.52. The summed E-state index contributed by atoms with van der Waals surface area (Å²) in [7, 11) is -0.598. The SMILES string of the molecule is CN(C)S(=O)(=O)c1ccc(C(=O)N2CC(=O)N3CCCC3C2)cc1. The Morgan fingerprint density at radius 2 is 1.88 bits per heavy atom. The number of rotatable bonds is 3. The van der Waals surface area contributed by atoms with E-state index in [9.17, 15) is 18.0 Å². The van der Waals surface area contributed by atoms with E-state index in [1.54, 1.807) is 4.90 Å². The lowest BCUT2D eigenvalue weighted by molar-refractivity contribution is -0.136. The first-order chi connectivity index (χ1) is 11.3. The van der Waals surface area contributed by atoms with Crippen LogP contribution in [0.4, 0.5) is 0 Å². The van der Waals surface area contributed by atoms with Gasteiger partial charge in [-0.25, -0.2) is 12.7 Å². The van der Waals surface area contributed by atoms with Gasteiger partial charge in [-0.3, -0.25) is 9.59 Å². The van der Waals surface area contributed by atoms with Crippen molar-refractivity contribution in [2.24, 2.45) is 0 Å². The van der Waals surface area contributed by atoms with Gasteiger partial charge < -0.3 is 9.80 Å². The molecule has 0 saturated carbocycles. The lowest BCUT2D eigenvalue weighted by atomic mass is 10.1. The van der Waals surface area contributed by atoms with Crippen LogP contribution in [-0.2, 0) is 14.8 Å². The molecule has 2 saturated heterocycles. The van der Waals surface area contributed by atoms with Crippen LogP contribution in [0.25, 0.3) is 0 Å². The van der Waals surface area contributed by atoms with Gasteiger partial charge in [-0.1, -0.05) is 0 Å². The molecule has 3 rings (SSSR count). The van der Waals surface area contributed by atoms with Crippen molar-refractivity contribution in [3.05, 3.63) is 29.8 Å². The van der Waals surface area contributed by atoms with Gasteiger partial charge in [-0.2, -0.15) is 0 Å². The van der Waals surface area contributed by atoms with E-state index in [4.69, 9.17) is 0 Å². The van der Waals surface area contributed by atoms with Crippen molar-refractivity contribution in [2.45, 2.75) is 23.8 Å². The zero-order valence-corrected chi connectivity index (χ0v) is 14.6. The highest BCUT2D eigenvalue weighted by atomic mass is 32.2. The molecule has 7 nitrogen and oxygen atoms in total. The van der Waals surface area contributed by atoms with E-state index in [0.717, 1.165) is 23.7 Å². The first-order valence-corrected chi connectivity index (χ1v) is 9.36. The fourth-order valence-electron chi connectivity index (χ4n) is 3.24. The second-order valence-electron chi connectivity index (χ2n) is 6.38. The van der Waals surface area contributed by atoms with Crippen LogP contribution in [0.1, 0.15) is 23.2 Å². The monoisotopic (exact) mass is 351 g/mol. The predicted octanol–water partition coefficient (Wildman–Crippen LogP) is 0.384. The molecule has 1 unspecified atom stereocenters. The van der Waals surface area contributed by atoms with Crippen molar-refractivity contribution in [3.8, 4) is 0 Å². The van der Waals surface area contributed by atoms with E-state index < -0.39 is 10.0 Å². The lowest BCUT2D eigenvalue weighted by Gasteiger charge is -2.37. The molecule has 0 radical (unpaired) electrons. The third-order valence-electron chi connectivity index (χ3n) is 4.62. The number of carbonyl (C=O) groups is 2. The number of benzene rings is 1. The number of amides is 2. The van der Waals surface area contributed by atoms with Crippen LogP contribution in [0.3, 0.4) is 0 Å². The van der Waals surface area contributed by atoms with E-state index in [1.165, 1.54) is 38.4 Å². The molecule has 0 N–H and O–H groups in total. The molecule has 2 amide bonds. The highest BCUT2D eigenvalue weighted by Gasteiger charge is 2.37. The number of hydrogen-bond donors (Lipinski definition) is 0. The summed E-state index contributed by atoms with van der Waals surface area (Å²) in [6, 6.07) is 5.98. The Kier molecular flexibility index (Phi) is 4.35. The van der Waals surface area contributed by atoms with Gasteiger partial charge in [-0.05, 0) is 37.1 Å². The Labute approximate surface area is 141 Å². The number of hydrogen-bond acceptors (Lipinski definition) is 4. The molecule has 8 heteroatoms.